The molecule has 10 heteroatoms. The Labute approximate surface area is 188 Å². The van der Waals surface area contributed by atoms with E-state index >= 15 is 0 Å². The molecule has 0 bridgehead atoms. The quantitative estimate of drug-likeness (QED) is 0.635. The lowest BCUT2D eigenvalue weighted by molar-refractivity contribution is -0.207. The molecular formula is C22H30FN3O5S. The Morgan fingerprint density at radius 2 is 1.84 bits per heavy atom. The van der Waals surface area contributed by atoms with Gasteiger partial charge in [0, 0.05) is 36.7 Å². The highest BCUT2D eigenvalue weighted by molar-refractivity contribution is 7.90. The number of sulfone groups is 1. The van der Waals surface area contributed by atoms with Gasteiger partial charge in [0.15, 0.2) is 22.0 Å². The molecule has 0 aliphatic carbocycles. The molecule has 32 heavy (non-hydrogen) atoms. The van der Waals surface area contributed by atoms with E-state index in [1.807, 2.05) is 13.8 Å². The van der Waals surface area contributed by atoms with Gasteiger partial charge in [-0.15, -0.1) is 0 Å². The summed E-state index contributed by atoms with van der Waals surface area (Å²) in [5.74, 6) is 1.04. The van der Waals surface area contributed by atoms with Crippen molar-refractivity contribution in [3.05, 3.63) is 35.4 Å². The standard InChI is InChI=1S/C22H30FN3O5S/c1-14(2)20-24-22(31-25-20)26-8-6-15(7-9-26)10-16-12-29-21(30-13-16)17-4-5-19(18(23)11-17)32(3,27)28/h4-5,11,14-16,21H,6-10,12-13H2,1-3H3/t16-,21-. The number of piperidine rings is 1. The first-order chi connectivity index (χ1) is 15.2. The van der Waals surface area contributed by atoms with Crippen molar-refractivity contribution in [2.45, 2.75) is 50.2 Å². The van der Waals surface area contributed by atoms with Crippen LogP contribution in [0, 0.1) is 17.7 Å². The molecule has 0 saturated carbocycles. The molecule has 0 amide bonds. The van der Waals surface area contributed by atoms with E-state index in [1.54, 1.807) is 6.07 Å². The summed E-state index contributed by atoms with van der Waals surface area (Å²) in [7, 11) is -3.60. The number of nitrogens with zero attached hydrogens (tertiary/aromatic N) is 3. The summed E-state index contributed by atoms with van der Waals surface area (Å²) >= 11 is 0. The summed E-state index contributed by atoms with van der Waals surface area (Å²) in [5, 5.41) is 4.04. The molecule has 2 aromatic rings. The molecule has 4 rings (SSSR count). The van der Waals surface area contributed by atoms with Crippen LogP contribution in [0.4, 0.5) is 10.4 Å². The van der Waals surface area contributed by atoms with E-state index in [1.165, 1.54) is 12.1 Å². The largest absolute Gasteiger partial charge is 0.348 e. The van der Waals surface area contributed by atoms with Gasteiger partial charge in [-0.25, -0.2) is 12.8 Å². The van der Waals surface area contributed by atoms with Crippen molar-refractivity contribution < 1.29 is 26.8 Å². The van der Waals surface area contributed by atoms with Crippen LogP contribution in [0.15, 0.2) is 27.6 Å². The number of anilines is 1. The summed E-state index contributed by atoms with van der Waals surface area (Å²) in [6.45, 7) is 6.91. The number of ether oxygens (including phenoxy) is 2. The van der Waals surface area contributed by atoms with Crippen molar-refractivity contribution in [2.75, 3.05) is 37.5 Å². The Hall–Kier alpha value is -2.04. The van der Waals surface area contributed by atoms with Gasteiger partial charge in [0.25, 0.3) is 0 Å². The number of rotatable bonds is 6. The van der Waals surface area contributed by atoms with E-state index in [-0.39, 0.29) is 16.7 Å². The van der Waals surface area contributed by atoms with Crippen molar-refractivity contribution in [2.24, 2.45) is 11.8 Å². The van der Waals surface area contributed by atoms with Crippen molar-refractivity contribution in [1.82, 2.24) is 10.1 Å². The molecule has 2 saturated heterocycles. The second kappa shape index (κ2) is 9.44. The van der Waals surface area contributed by atoms with Crippen LogP contribution in [0.1, 0.15) is 56.7 Å². The van der Waals surface area contributed by atoms with Gasteiger partial charge in [0.2, 0.25) is 0 Å². The third-order valence-corrected chi connectivity index (χ3v) is 7.22. The van der Waals surface area contributed by atoms with Gasteiger partial charge < -0.3 is 18.9 Å². The smallest absolute Gasteiger partial charge is 0.324 e. The molecule has 0 N–H and O–H groups in total. The summed E-state index contributed by atoms with van der Waals surface area (Å²) in [6.07, 6.45) is 3.39. The SMILES string of the molecule is CC(C)c1noc(N2CCC(C[C@H]3CO[C@H](c4ccc(S(C)(=O)=O)c(F)c4)OC3)CC2)n1. The minimum Gasteiger partial charge on any atom is -0.348 e. The zero-order valence-corrected chi connectivity index (χ0v) is 19.5. The van der Waals surface area contributed by atoms with Crippen LogP contribution in [-0.4, -0.2) is 51.1 Å². The zero-order valence-electron chi connectivity index (χ0n) is 18.7. The van der Waals surface area contributed by atoms with Gasteiger partial charge in [0.1, 0.15) is 10.7 Å². The average molecular weight is 468 g/mol. The Morgan fingerprint density at radius 3 is 2.41 bits per heavy atom. The first-order valence-corrected chi connectivity index (χ1v) is 12.9. The zero-order chi connectivity index (χ0) is 22.9. The Kier molecular flexibility index (Phi) is 6.83. The predicted octanol–water partition coefficient (Wildman–Crippen LogP) is 3.70. The maximum atomic E-state index is 14.2. The third-order valence-electron chi connectivity index (χ3n) is 6.09. The molecule has 2 aliphatic rings. The first kappa shape index (κ1) is 23.1. The van der Waals surface area contributed by atoms with Gasteiger partial charge >= 0.3 is 6.01 Å². The Morgan fingerprint density at radius 1 is 1.16 bits per heavy atom. The molecule has 2 fully saturated rings. The number of hydrogen-bond acceptors (Lipinski definition) is 8. The third kappa shape index (κ3) is 5.29. The van der Waals surface area contributed by atoms with Crippen molar-refractivity contribution in [1.29, 1.82) is 0 Å². The van der Waals surface area contributed by atoms with Crippen molar-refractivity contribution >= 4 is 15.9 Å². The summed E-state index contributed by atoms with van der Waals surface area (Å²) in [6, 6.07) is 4.59. The Balaban J connectivity index is 1.25. The van der Waals surface area contributed by atoms with Crippen LogP contribution >= 0.6 is 0 Å². The molecule has 8 nitrogen and oxygen atoms in total. The fraction of sp³-hybridized carbons (Fsp3) is 0.636. The van der Waals surface area contributed by atoms with Crippen LogP contribution in [0.25, 0.3) is 0 Å². The monoisotopic (exact) mass is 467 g/mol. The lowest BCUT2D eigenvalue weighted by Crippen LogP contribution is -2.36. The van der Waals surface area contributed by atoms with Crippen LogP contribution in [0.5, 0.6) is 0 Å². The molecule has 0 radical (unpaired) electrons. The van der Waals surface area contributed by atoms with E-state index in [0.29, 0.717) is 30.7 Å². The van der Waals surface area contributed by atoms with Crippen LogP contribution in [0.3, 0.4) is 0 Å². The molecule has 176 valence electrons. The second-order valence-corrected chi connectivity index (χ2v) is 11.1. The van der Waals surface area contributed by atoms with Gasteiger partial charge in [0.05, 0.1) is 13.2 Å². The summed E-state index contributed by atoms with van der Waals surface area (Å²) in [4.78, 5) is 6.31. The molecule has 1 aromatic heterocycles. The van der Waals surface area contributed by atoms with E-state index in [0.717, 1.165) is 44.4 Å². The molecule has 0 spiro atoms. The Bertz CT molecular complexity index is 1030. The van der Waals surface area contributed by atoms with Crippen LogP contribution in [-0.2, 0) is 19.3 Å². The summed E-state index contributed by atoms with van der Waals surface area (Å²) < 4.78 is 54.4. The van der Waals surface area contributed by atoms with Gasteiger partial charge in [-0.05, 0) is 37.3 Å². The fourth-order valence-electron chi connectivity index (χ4n) is 4.26. The molecule has 0 atom stereocenters. The fourth-order valence-corrected chi connectivity index (χ4v) is 4.99. The van der Waals surface area contributed by atoms with E-state index in [2.05, 4.69) is 15.0 Å². The molecular weight excluding hydrogens is 437 g/mol. The average Bonchev–Trinajstić information content (AvgIpc) is 3.24. The molecule has 1 aromatic carbocycles. The van der Waals surface area contributed by atoms with Crippen molar-refractivity contribution in [3.63, 3.8) is 0 Å². The highest BCUT2D eigenvalue weighted by Gasteiger charge is 2.29. The maximum Gasteiger partial charge on any atom is 0.324 e. The van der Waals surface area contributed by atoms with Crippen molar-refractivity contribution in [3.8, 4) is 0 Å². The van der Waals surface area contributed by atoms with Gasteiger partial charge in [-0.3, -0.25) is 0 Å². The summed E-state index contributed by atoms with van der Waals surface area (Å²) in [5.41, 5.74) is 0.488. The predicted molar refractivity (Wildman–Crippen MR) is 116 cm³/mol. The van der Waals surface area contributed by atoms with E-state index in [9.17, 15) is 12.8 Å². The molecule has 3 heterocycles. The highest BCUT2D eigenvalue weighted by Crippen LogP contribution is 2.32. The topological polar surface area (TPSA) is 94.8 Å². The number of aromatic nitrogens is 2. The van der Waals surface area contributed by atoms with Crippen LogP contribution < -0.4 is 4.90 Å². The minimum atomic E-state index is -3.60. The second-order valence-electron chi connectivity index (χ2n) is 9.08. The van der Waals surface area contributed by atoms with E-state index < -0.39 is 21.9 Å². The van der Waals surface area contributed by atoms with E-state index in [4.69, 9.17) is 14.0 Å². The van der Waals surface area contributed by atoms with Gasteiger partial charge in [-0.2, -0.15) is 4.98 Å². The normalized spacial score (nSPS) is 23.1. The number of halogens is 1. The van der Waals surface area contributed by atoms with Crippen LogP contribution in [0.2, 0.25) is 0 Å². The number of benzene rings is 1. The molecule has 2 aliphatic heterocycles. The molecule has 0 unspecified atom stereocenters. The minimum absolute atomic E-state index is 0.245. The maximum absolute atomic E-state index is 14.2. The lowest BCUT2D eigenvalue weighted by Gasteiger charge is -2.35. The van der Waals surface area contributed by atoms with Gasteiger partial charge in [-0.1, -0.05) is 25.1 Å². The lowest BCUT2D eigenvalue weighted by atomic mass is 9.87. The number of hydrogen-bond donors (Lipinski definition) is 0. The highest BCUT2D eigenvalue weighted by atomic mass is 32.2. The first-order valence-electron chi connectivity index (χ1n) is 11.0.